The second-order valence-corrected chi connectivity index (χ2v) is 5.35. The fraction of sp³-hybridized carbons (Fsp3) is 0.562. The van der Waals surface area contributed by atoms with E-state index in [-0.39, 0.29) is 11.7 Å². The Morgan fingerprint density at radius 1 is 1.48 bits per heavy atom. The first-order valence-corrected chi connectivity index (χ1v) is 7.42. The van der Waals surface area contributed by atoms with E-state index in [0.29, 0.717) is 18.4 Å². The van der Waals surface area contributed by atoms with Gasteiger partial charge in [-0.15, -0.1) is 0 Å². The van der Waals surface area contributed by atoms with Crippen LogP contribution in [0, 0.1) is 0 Å². The lowest BCUT2D eigenvalue weighted by Crippen LogP contribution is -2.49. The van der Waals surface area contributed by atoms with Crippen molar-refractivity contribution in [3.05, 3.63) is 29.8 Å². The average molecular weight is 293 g/mol. The van der Waals surface area contributed by atoms with Crippen molar-refractivity contribution in [2.45, 2.75) is 32.4 Å². The Bertz CT molecular complexity index is 477. The first-order valence-electron chi connectivity index (χ1n) is 7.42. The number of nitrogens with zero attached hydrogens (tertiary/aromatic N) is 1. The quantitative estimate of drug-likeness (QED) is 0.872. The summed E-state index contributed by atoms with van der Waals surface area (Å²) in [4.78, 5) is 13.5. The van der Waals surface area contributed by atoms with Crippen LogP contribution in [-0.4, -0.2) is 54.4 Å². The number of benzene rings is 1. The van der Waals surface area contributed by atoms with E-state index in [9.17, 15) is 4.79 Å². The van der Waals surface area contributed by atoms with Crippen LogP contribution in [0.15, 0.2) is 24.3 Å². The van der Waals surface area contributed by atoms with Crippen LogP contribution in [0.5, 0.6) is 5.75 Å². The lowest BCUT2D eigenvalue weighted by atomic mass is 10.1. The van der Waals surface area contributed by atoms with Crippen LogP contribution in [0.3, 0.4) is 0 Å². The van der Waals surface area contributed by atoms with Crippen molar-refractivity contribution in [2.24, 2.45) is 0 Å². The molecule has 2 atom stereocenters. The Morgan fingerprint density at radius 2 is 2.24 bits per heavy atom. The highest BCUT2D eigenvalue weighted by atomic mass is 16.5. The van der Waals surface area contributed by atoms with E-state index in [1.165, 1.54) is 0 Å². The number of para-hydroxylation sites is 1. The summed E-state index contributed by atoms with van der Waals surface area (Å²) < 4.78 is 11.3. The van der Waals surface area contributed by atoms with Crippen molar-refractivity contribution >= 4 is 5.97 Å². The Hall–Kier alpha value is -1.59. The van der Waals surface area contributed by atoms with E-state index in [4.69, 9.17) is 14.6 Å². The molecule has 1 aliphatic rings. The minimum absolute atomic E-state index is 0.208. The van der Waals surface area contributed by atoms with Gasteiger partial charge in [-0.05, 0) is 25.5 Å². The van der Waals surface area contributed by atoms with Crippen LogP contribution in [0.4, 0.5) is 0 Å². The summed E-state index contributed by atoms with van der Waals surface area (Å²) in [6, 6.07) is 7.16. The summed E-state index contributed by atoms with van der Waals surface area (Å²) in [6.07, 6.45) is 1.28. The van der Waals surface area contributed by atoms with Gasteiger partial charge in [0, 0.05) is 19.1 Å². The van der Waals surface area contributed by atoms with Crippen LogP contribution in [0.2, 0.25) is 0 Å². The van der Waals surface area contributed by atoms with E-state index in [1.807, 2.05) is 0 Å². The van der Waals surface area contributed by atoms with Gasteiger partial charge in [-0.3, -0.25) is 4.90 Å². The highest BCUT2D eigenvalue weighted by molar-refractivity contribution is 5.90. The fourth-order valence-electron chi connectivity index (χ4n) is 2.60. The third-order valence-electron chi connectivity index (χ3n) is 3.81. The van der Waals surface area contributed by atoms with Gasteiger partial charge in [-0.25, -0.2) is 4.79 Å². The first-order chi connectivity index (χ1) is 10.1. The summed E-state index contributed by atoms with van der Waals surface area (Å²) >= 11 is 0. The zero-order valence-corrected chi connectivity index (χ0v) is 12.6. The maximum absolute atomic E-state index is 11.1. The largest absolute Gasteiger partial charge is 0.491 e. The number of hydrogen-bond donors (Lipinski definition) is 1. The number of aromatic carboxylic acids is 1. The molecule has 0 aromatic heterocycles. The van der Waals surface area contributed by atoms with Gasteiger partial charge in [0.05, 0.1) is 12.7 Å². The average Bonchev–Trinajstić information content (AvgIpc) is 2.48. The summed E-state index contributed by atoms with van der Waals surface area (Å²) in [7, 11) is 0. The molecule has 0 saturated carbocycles. The van der Waals surface area contributed by atoms with Crippen molar-refractivity contribution in [3.63, 3.8) is 0 Å². The fourth-order valence-corrected chi connectivity index (χ4v) is 2.60. The van der Waals surface area contributed by atoms with Gasteiger partial charge in [0.1, 0.15) is 17.9 Å². The Kier molecular flexibility index (Phi) is 5.59. The van der Waals surface area contributed by atoms with Crippen LogP contribution in [0.25, 0.3) is 0 Å². The molecule has 2 unspecified atom stereocenters. The van der Waals surface area contributed by atoms with Gasteiger partial charge >= 0.3 is 5.97 Å². The second-order valence-electron chi connectivity index (χ2n) is 5.35. The molecule has 5 heteroatoms. The van der Waals surface area contributed by atoms with E-state index in [2.05, 4.69) is 18.7 Å². The summed E-state index contributed by atoms with van der Waals surface area (Å²) in [6.45, 7) is 7.12. The van der Waals surface area contributed by atoms with E-state index in [0.717, 1.165) is 26.1 Å². The second kappa shape index (κ2) is 7.43. The van der Waals surface area contributed by atoms with Crippen LogP contribution >= 0.6 is 0 Å². The van der Waals surface area contributed by atoms with Crippen LogP contribution in [-0.2, 0) is 4.74 Å². The minimum atomic E-state index is -0.961. The number of carboxylic acid groups (broad SMARTS) is 1. The topological polar surface area (TPSA) is 59.0 Å². The van der Waals surface area contributed by atoms with Gasteiger partial charge < -0.3 is 14.6 Å². The Morgan fingerprint density at radius 3 is 2.95 bits per heavy atom. The molecule has 5 nitrogen and oxygen atoms in total. The highest BCUT2D eigenvalue weighted by Crippen LogP contribution is 2.18. The van der Waals surface area contributed by atoms with Gasteiger partial charge in [-0.1, -0.05) is 19.1 Å². The van der Waals surface area contributed by atoms with E-state index < -0.39 is 5.97 Å². The van der Waals surface area contributed by atoms with Gasteiger partial charge in [0.25, 0.3) is 0 Å². The smallest absolute Gasteiger partial charge is 0.339 e. The molecule has 2 rings (SSSR count). The number of hydrogen-bond acceptors (Lipinski definition) is 4. The molecule has 1 aromatic carbocycles. The molecule has 1 saturated heterocycles. The third kappa shape index (κ3) is 4.19. The number of carbonyl (C=O) groups is 1. The standard InChI is InChI=1S/C16H23NO4/c1-3-13-11-21-12(2)10-17(13)8-9-20-15-7-5-4-6-14(15)16(18)19/h4-7,12-13H,3,8-11H2,1-2H3,(H,18,19). The zero-order valence-electron chi connectivity index (χ0n) is 12.6. The Balaban J connectivity index is 1.90. The van der Waals surface area contributed by atoms with Crippen LogP contribution in [0.1, 0.15) is 30.6 Å². The number of morpholine rings is 1. The lowest BCUT2D eigenvalue weighted by molar-refractivity contribution is -0.0586. The van der Waals surface area contributed by atoms with Crippen molar-refractivity contribution in [3.8, 4) is 5.75 Å². The van der Waals surface area contributed by atoms with Crippen molar-refractivity contribution < 1.29 is 19.4 Å². The molecule has 0 spiro atoms. The normalized spacial score (nSPS) is 23.0. The predicted molar refractivity (Wildman–Crippen MR) is 80.0 cm³/mol. The summed E-state index contributed by atoms with van der Waals surface area (Å²) in [5, 5.41) is 9.12. The summed E-state index contributed by atoms with van der Waals surface area (Å²) in [5.74, 6) is -0.531. The number of carboxylic acids is 1. The molecule has 1 aliphatic heterocycles. The monoisotopic (exact) mass is 293 g/mol. The van der Waals surface area contributed by atoms with Crippen molar-refractivity contribution in [1.29, 1.82) is 0 Å². The molecule has 1 aromatic rings. The minimum Gasteiger partial charge on any atom is -0.491 e. The van der Waals surface area contributed by atoms with Gasteiger partial charge in [-0.2, -0.15) is 0 Å². The molecule has 0 aliphatic carbocycles. The van der Waals surface area contributed by atoms with Gasteiger partial charge in [0.2, 0.25) is 0 Å². The predicted octanol–water partition coefficient (Wildman–Crippen LogP) is 2.26. The molecule has 0 bridgehead atoms. The molecule has 21 heavy (non-hydrogen) atoms. The van der Waals surface area contributed by atoms with E-state index >= 15 is 0 Å². The molecule has 0 amide bonds. The maximum Gasteiger partial charge on any atom is 0.339 e. The van der Waals surface area contributed by atoms with Gasteiger partial charge in [0.15, 0.2) is 0 Å². The molecule has 1 heterocycles. The van der Waals surface area contributed by atoms with Crippen LogP contribution < -0.4 is 4.74 Å². The van der Waals surface area contributed by atoms with Crippen molar-refractivity contribution in [2.75, 3.05) is 26.3 Å². The zero-order chi connectivity index (χ0) is 15.2. The molecule has 1 N–H and O–H groups in total. The molecule has 0 radical (unpaired) electrons. The van der Waals surface area contributed by atoms with Crippen molar-refractivity contribution in [1.82, 2.24) is 4.90 Å². The summed E-state index contributed by atoms with van der Waals surface area (Å²) in [5.41, 5.74) is 0.208. The van der Waals surface area contributed by atoms with E-state index in [1.54, 1.807) is 24.3 Å². The molecule has 1 fully saturated rings. The lowest BCUT2D eigenvalue weighted by Gasteiger charge is -2.38. The maximum atomic E-state index is 11.1. The molecular formula is C16H23NO4. The Labute approximate surface area is 125 Å². The number of ether oxygens (including phenoxy) is 2. The number of rotatable bonds is 6. The molecular weight excluding hydrogens is 270 g/mol. The SMILES string of the molecule is CCC1COC(C)CN1CCOc1ccccc1C(=O)O. The molecule has 116 valence electrons. The first kappa shape index (κ1) is 15.8. The third-order valence-corrected chi connectivity index (χ3v) is 3.81. The highest BCUT2D eigenvalue weighted by Gasteiger charge is 2.25.